The molecule has 0 radical (unpaired) electrons. The van der Waals surface area contributed by atoms with E-state index in [2.05, 4.69) is 13.8 Å². The minimum Gasteiger partial charge on any atom is -0.748 e. The molecule has 0 aromatic carbocycles. The molecule has 0 amide bonds. The van der Waals surface area contributed by atoms with Crippen molar-refractivity contribution in [2.45, 2.75) is 122 Å². The topological polar surface area (TPSA) is 77.4 Å². The number of hydrogen-bond acceptors (Lipinski definition) is 4. The van der Waals surface area contributed by atoms with Crippen molar-refractivity contribution in [1.82, 2.24) is 0 Å². The number of rotatable bonds is 17. The van der Waals surface area contributed by atoms with Crippen LogP contribution in [-0.2, 0) is 10.1 Å². The normalized spacial score (nSPS) is 14.1. The van der Waals surface area contributed by atoms with Crippen LogP contribution in [0, 0.1) is 0 Å². The van der Waals surface area contributed by atoms with Crippen LogP contribution in [-0.4, -0.2) is 29.4 Å². The molecule has 0 aromatic rings. The fourth-order valence-corrected chi connectivity index (χ4v) is 4.08. The Kier molecular flexibility index (Phi) is 20.5. The zero-order valence-corrected chi connectivity index (χ0v) is 19.7. The number of unbranched alkanes of at least 4 members (excludes halogenated alkanes) is 8. The van der Waals surface area contributed by atoms with E-state index in [1.54, 1.807) is 0 Å². The molecule has 0 fully saturated rings. The fourth-order valence-electron chi connectivity index (χ4n) is 3.17. The van der Waals surface area contributed by atoms with E-state index in [9.17, 15) is 18.1 Å². The smallest absolute Gasteiger partial charge is 0.748 e. The molecule has 0 heterocycles. The average molecular weight is 387 g/mol. The first-order valence-electron chi connectivity index (χ1n) is 10.0. The molecule has 0 saturated heterocycles. The molecule has 4 nitrogen and oxygen atoms in total. The molecule has 2 unspecified atom stereocenters. The van der Waals surface area contributed by atoms with Gasteiger partial charge >= 0.3 is 29.6 Å². The van der Waals surface area contributed by atoms with E-state index in [0.717, 1.165) is 64.2 Å². The maximum absolute atomic E-state index is 11.4. The summed E-state index contributed by atoms with van der Waals surface area (Å²) in [6.07, 6.45) is 13.9. The van der Waals surface area contributed by atoms with Crippen LogP contribution in [0.1, 0.15) is 110 Å². The van der Waals surface area contributed by atoms with E-state index in [1.807, 2.05) is 0 Å². The second-order valence-corrected chi connectivity index (χ2v) is 8.76. The van der Waals surface area contributed by atoms with Gasteiger partial charge in [-0.15, -0.1) is 0 Å². The second-order valence-electron chi connectivity index (χ2n) is 7.11. The quantitative estimate of drug-likeness (QED) is 0.236. The fraction of sp³-hybridized carbons (Fsp3) is 1.00. The van der Waals surface area contributed by atoms with Crippen molar-refractivity contribution in [3.63, 3.8) is 0 Å². The monoisotopic (exact) mass is 386 g/mol. The van der Waals surface area contributed by atoms with E-state index in [0.29, 0.717) is 12.8 Å². The summed E-state index contributed by atoms with van der Waals surface area (Å²) in [5.74, 6) is 0. The van der Waals surface area contributed by atoms with Gasteiger partial charge in [-0.05, 0) is 25.7 Å². The van der Waals surface area contributed by atoms with Gasteiger partial charge in [-0.2, -0.15) is 0 Å². The van der Waals surface area contributed by atoms with Crippen LogP contribution < -0.4 is 29.6 Å². The molecule has 0 saturated carbocycles. The molecule has 25 heavy (non-hydrogen) atoms. The van der Waals surface area contributed by atoms with Gasteiger partial charge in [0, 0.05) is 5.25 Å². The minimum atomic E-state index is -4.17. The maximum atomic E-state index is 11.4. The predicted molar refractivity (Wildman–Crippen MR) is 100 cm³/mol. The van der Waals surface area contributed by atoms with Gasteiger partial charge in [0.15, 0.2) is 0 Å². The van der Waals surface area contributed by atoms with Gasteiger partial charge in [-0.3, -0.25) is 0 Å². The number of aliphatic hydroxyl groups is 1. The first-order chi connectivity index (χ1) is 11.4. The third kappa shape index (κ3) is 18.0. The van der Waals surface area contributed by atoms with Crippen LogP contribution in [0.3, 0.4) is 0 Å². The Bertz CT molecular complexity index is 374. The zero-order chi connectivity index (χ0) is 18.3. The Morgan fingerprint density at radius 2 is 1.16 bits per heavy atom. The molecule has 0 bridgehead atoms. The first kappa shape index (κ1) is 28.1. The van der Waals surface area contributed by atoms with E-state index < -0.39 is 15.4 Å². The van der Waals surface area contributed by atoms with E-state index in [4.69, 9.17) is 0 Å². The molecule has 0 aromatic heterocycles. The van der Waals surface area contributed by atoms with Crippen LogP contribution in [0.4, 0.5) is 0 Å². The van der Waals surface area contributed by atoms with Gasteiger partial charge in [0.1, 0.15) is 0 Å². The molecular weight excluding hydrogens is 347 g/mol. The summed E-state index contributed by atoms with van der Waals surface area (Å²) >= 11 is 0. The van der Waals surface area contributed by atoms with E-state index in [-0.39, 0.29) is 35.7 Å². The van der Waals surface area contributed by atoms with Crippen LogP contribution >= 0.6 is 0 Å². The molecule has 6 heteroatoms. The standard InChI is InChI=1S/C19H40O4S.Na/c1-3-5-6-7-8-12-16-19(24(21,22)23)17-13-10-9-11-15-18(20)14-4-2;/h18-20H,3-17H2,1-2H3,(H,21,22,23);/q;+1/p-1. The van der Waals surface area contributed by atoms with Gasteiger partial charge in [-0.25, -0.2) is 8.42 Å². The van der Waals surface area contributed by atoms with Crippen molar-refractivity contribution < 1.29 is 47.6 Å². The maximum Gasteiger partial charge on any atom is 1.00 e. The number of hydrogen-bond donors (Lipinski definition) is 1. The summed E-state index contributed by atoms with van der Waals surface area (Å²) < 4.78 is 34.2. The van der Waals surface area contributed by atoms with Crippen molar-refractivity contribution in [1.29, 1.82) is 0 Å². The molecule has 0 rings (SSSR count). The largest absolute Gasteiger partial charge is 1.00 e. The Labute approximate surface area is 178 Å². The average Bonchev–Trinajstić information content (AvgIpc) is 2.51. The molecule has 0 aliphatic heterocycles. The summed E-state index contributed by atoms with van der Waals surface area (Å²) in [6, 6.07) is 0. The number of aliphatic hydroxyl groups excluding tert-OH is 1. The minimum absolute atomic E-state index is 0. The molecule has 146 valence electrons. The molecular formula is C19H39NaO4S. The van der Waals surface area contributed by atoms with Gasteiger partial charge < -0.3 is 9.66 Å². The van der Waals surface area contributed by atoms with Crippen molar-refractivity contribution in [2.75, 3.05) is 0 Å². The van der Waals surface area contributed by atoms with E-state index in [1.165, 1.54) is 19.3 Å². The van der Waals surface area contributed by atoms with Gasteiger partial charge in [0.2, 0.25) is 0 Å². The summed E-state index contributed by atoms with van der Waals surface area (Å²) in [5.41, 5.74) is 0. The zero-order valence-electron chi connectivity index (χ0n) is 16.8. The first-order valence-corrected chi connectivity index (χ1v) is 11.5. The Hall–Kier alpha value is 0.870. The van der Waals surface area contributed by atoms with Crippen LogP contribution in [0.25, 0.3) is 0 Å². The van der Waals surface area contributed by atoms with E-state index >= 15 is 0 Å². The summed E-state index contributed by atoms with van der Waals surface area (Å²) in [6.45, 7) is 4.24. The third-order valence-electron chi connectivity index (χ3n) is 4.72. The van der Waals surface area contributed by atoms with Crippen LogP contribution in [0.5, 0.6) is 0 Å². The third-order valence-corrected chi connectivity index (χ3v) is 6.01. The second kappa shape index (κ2) is 18.2. The van der Waals surface area contributed by atoms with Crippen molar-refractivity contribution in [2.24, 2.45) is 0 Å². The molecule has 0 aliphatic rings. The van der Waals surface area contributed by atoms with Crippen LogP contribution in [0.15, 0.2) is 0 Å². The Balaban J connectivity index is 0. The Morgan fingerprint density at radius 1 is 0.720 bits per heavy atom. The van der Waals surface area contributed by atoms with Crippen molar-refractivity contribution in [3.05, 3.63) is 0 Å². The SMILES string of the molecule is CCCCCCCCC(CCCCCCC(O)CCC)S(=O)(=O)[O-].[Na+]. The van der Waals surface area contributed by atoms with Gasteiger partial charge in [0.25, 0.3) is 0 Å². The molecule has 0 spiro atoms. The van der Waals surface area contributed by atoms with Crippen molar-refractivity contribution >= 4 is 10.1 Å². The molecule has 0 aliphatic carbocycles. The summed E-state index contributed by atoms with van der Waals surface area (Å²) in [5, 5.41) is 8.95. The van der Waals surface area contributed by atoms with Crippen LogP contribution in [0.2, 0.25) is 0 Å². The van der Waals surface area contributed by atoms with Crippen molar-refractivity contribution in [3.8, 4) is 0 Å². The Morgan fingerprint density at radius 3 is 1.60 bits per heavy atom. The summed E-state index contributed by atoms with van der Waals surface area (Å²) in [4.78, 5) is 0. The molecule has 2 atom stereocenters. The van der Waals surface area contributed by atoms with Gasteiger partial charge in [-0.1, -0.05) is 84.5 Å². The predicted octanol–water partition coefficient (Wildman–Crippen LogP) is 2.16. The summed E-state index contributed by atoms with van der Waals surface area (Å²) in [7, 11) is -4.17. The van der Waals surface area contributed by atoms with Gasteiger partial charge in [0.05, 0.1) is 16.2 Å². The molecule has 1 N–H and O–H groups in total.